The molecular weight excluding hydrogens is 336 g/mol. The summed E-state index contributed by atoms with van der Waals surface area (Å²) in [6, 6.07) is 0. The smallest absolute Gasteiger partial charge is 0.306 e. The van der Waals surface area contributed by atoms with Crippen LogP contribution in [0.1, 0.15) is 25.7 Å². The van der Waals surface area contributed by atoms with Crippen LogP contribution >= 0.6 is 12.6 Å². The Morgan fingerprint density at radius 3 is 2.29 bits per heavy atom. The van der Waals surface area contributed by atoms with Crippen LogP contribution < -0.4 is 0 Å². The summed E-state index contributed by atoms with van der Waals surface area (Å²) in [6.45, 7) is -0.0339. The van der Waals surface area contributed by atoms with E-state index >= 15 is 0 Å². The second-order valence-electron chi connectivity index (χ2n) is 5.65. The van der Waals surface area contributed by atoms with Gasteiger partial charge >= 0.3 is 11.9 Å². The number of allylic oxidation sites excluding steroid dienone is 2. The van der Waals surface area contributed by atoms with Crippen molar-refractivity contribution < 1.29 is 33.3 Å². The maximum absolute atomic E-state index is 12.1. The van der Waals surface area contributed by atoms with Crippen molar-refractivity contribution >= 4 is 24.6 Å². The fourth-order valence-corrected chi connectivity index (χ4v) is 3.23. The van der Waals surface area contributed by atoms with E-state index in [1.165, 1.54) is 14.2 Å². The first-order valence-corrected chi connectivity index (χ1v) is 8.47. The van der Waals surface area contributed by atoms with Gasteiger partial charge in [0.25, 0.3) is 0 Å². The van der Waals surface area contributed by atoms with Gasteiger partial charge in [0.2, 0.25) is 0 Å². The van der Waals surface area contributed by atoms with Gasteiger partial charge in [-0.3, -0.25) is 9.59 Å². The van der Waals surface area contributed by atoms with Gasteiger partial charge in [-0.2, -0.15) is 0 Å². The number of ether oxygens (including phenoxy) is 5. The van der Waals surface area contributed by atoms with E-state index in [2.05, 4.69) is 12.6 Å². The second-order valence-corrected chi connectivity index (χ2v) is 6.16. The number of fused-ring (bicyclic) bond motifs is 1. The predicted molar refractivity (Wildman–Crippen MR) is 87.7 cm³/mol. The van der Waals surface area contributed by atoms with Gasteiger partial charge in [-0.1, -0.05) is 12.2 Å². The summed E-state index contributed by atoms with van der Waals surface area (Å²) in [5.74, 6) is -0.690. The van der Waals surface area contributed by atoms with E-state index in [1.54, 1.807) is 0 Å². The molecule has 7 nitrogen and oxygen atoms in total. The number of rotatable bonds is 2. The van der Waals surface area contributed by atoms with Crippen molar-refractivity contribution in [3.8, 4) is 0 Å². The number of carbonyl (C=O) groups is 2. The lowest BCUT2D eigenvalue weighted by molar-refractivity contribution is -0.233. The van der Waals surface area contributed by atoms with Crippen LogP contribution in [-0.4, -0.2) is 62.6 Å². The third kappa shape index (κ3) is 4.95. The lowest BCUT2D eigenvalue weighted by Crippen LogP contribution is -2.60. The van der Waals surface area contributed by atoms with Crippen LogP contribution in [0.3, 0.4) is 0 Å². The van der Waals surface area contributed by atoms with Gasteiger partial charge in [-0.15, -0.1) is 12.6 Å². The number of carbonyl (C=O) groups excluding carboxylic acids is 2. The van der Waals surface area contributed by atoms with Crippen LogP contribution in [0, 0.1) is 0 Å². The van der Waals surface area contributed by atoms with E-state index in [0.717, 1.165) is 0 Å². The summed E-state index contributed by atoms with van der Waals surface area (Å²) in [6.07, 6.45) is 2.87. The van der Waals surface area contributed by atoms with Crippen molar-refractivity contribution in [1.29, 1.82) is 0 Å². The Balaban J connectivity index is 2.19. The summed E-state index contributed by atoms with van der Waals surface area (Å²) in [5, 5.41) is 0. The summed E-state index contributed by atoms with van der Waals surface area (Å²) in [5.41, 5.74) is -0.587. The minimum absolute atomic E-state index is 0.0339. The largest absolute Gasteiger partial charge is 0.463 e. The molecule has 136 valence electrons. The molecule has 0 aromatic carbocycles. The number of hydrogen-bond donors (Lipinski definition) is 1. The molecule has 0 aromatic rings. The average Bonchev–Trinajstić information content (AvgIpc) is 2.57. The molecule has 0 bridgehead atoms. The van der Waals surface area contributed by atoms with Gasteiger partial charge in [0.05, 0.1) is 0 Å². The normalized spacial score (nSPS) is 37.0. The van der Waals surface area contributed by atoms with Crippen molar-refractivity contribution in [3.05, 3.63) is 12.2 Å². The molecule has 0 radical (unpaired) electrons. The predicted octanol–water partition coefficient (Wildman–Crippen LogP) is 1.26. The zero-order valence-corrected chi connectivity index (χ0v) is 14.8. The van der Waals surface area contributed by atoms with Crippen LogP contribution in [0.15, 0.2) is 12.2 Å². The highest BCUT2D eigenvalue weighted by molar-refractivity contribution is 7.80. The molecule has 0 amide bonds. The number of cyclic esters (lactones) is 1. The third-order valence-corrected chi connectivity index (χ3v) is 4.44. The van der Waals surface area contributed by atoms with Crippen LogP contribution in [0.25, 0.3) is 0 Å². The summed E-state index contributed by atoms with van der Waals surface area (Å²) < 4.78 is 27.4. The van der Waals surface area contributed by atoms with E-state index in [0.29, 0.717) is 12.8 Å². The fraction of sp³-hybridized carbons (Fsp3) is 0.750. The molecule has 0 saturated carbocycles. The monoisotopic (exact) mass is 360 g/mol. The first-order chi connectivity index (χ1) is 11.6. The van der Waals surface area contributed by atoms with Gasteiger partial charge < -0.3 is 23.7 Å². The minimum atomic E-state index is -0.742. The molecule has 24 heavy (non-hydrogen) atoms. The van der Waals surface area contributed by atoms with E-state index < -0.39 is 29.9 Å². The first-order valence-electron chi connectivity index (χ1n) is 7.96. The van der Waals surface area contributed by atoms with Crippen molar-refractivity contribution in [3.63, 3.8) is 0 Å². The topological polar surface area (TPSA) is 80.3 Å². The van der Waals surface area contributed by atoms with E-state index in [1.807, 2.05) is 12.2 Å². The van der Waals surface area contributed by atoms with Crippen LogP contribution in [0.5, 0.6) is 0 Å². The maximum Gasteiger partial charge on any atom is 0.306 e. The van der Waals surface area contributed by atoms with E-state index in [-0.39, 0.29) is 31.4 Å². The lowest BCUT2D eigenvalue weighted by Gasteiger charge is -2.43. The number of thiol groups is 1. The quantitative estimate of drug-likeness (QED) is 0.451. The SMILES string of the molecule is CO[C@@H]1[C@@H](OC)[C@H](S)O[C@@H]2COC(=O)CC/C=C/CCC(=O)O[C@@H]12. The Morgan fingerprint density at radius 2 is 1.67 bits per heavy atom. The summed E-state index contributed by atoms with van der Waals surface area (Å²) >= 11 is 4.36. The Hall–Kier alpha value is -1.09. The molecule has 1 fully saturated rings. The van der Waals surface area contributed by atoms with Gasteiger partial charge in [0, 0.05) is 27.1 Å². The summed E-state index contributed by atoms with van der Waals surface area (Å²) in [7, 11) is 3.01. The highest BCUT2D eigenvalue weighted by Crippen LogP contribution is 2.30. The lowest BCUT2D eigenvalue weighted by atomic mass is 9.99. The highest BCUT2D eigenvalue weighted by atomic mass is 32.1. The maximum atomic E-state index is 12.1. The molecule has 0 spiro atoms. The van der Waals surface area contributed by atoms with E-state index in [9.17, 15) is 9.59 Å². The molecule has 2 aliphatic rings. The molecule has 0 aliphatic carbocycles. The fourth-order valence-electron chi connectivity index (χ4n) is 2.79. The first kappa shape index (κ1) is 19.2. The molecule has 2 aliphatic heterocycles. The molecule has 8 heteroatoms. The van der Waals surface area contributed by atoms with Gasteiger partial charge in [-0.05, 0) is 12.8 Å². The van der Waals surface area contributed by atoms with Crippen molar-refractivity contribution in [2.75, 3.05) is 20.8 Å². The van der Waals surface area contributed by atoms with Gasteiger partial charge in [0.15, 0.2) is 6.10 Å². The summed E-state index contributed by atoms with van der Waals surface area (Å²) in [4.78, 5) is 23.9. The molecule has 1 saturated heterocycles. The van der Waals surface area contributed by atoms with Crippen molar-refractivity contribution in [2.24, 2.45) is 0 Å². The highest BCUT2D eigenvalue weighted by Gasteiger charge is 2.48. The van der Waals surface area contributed by atoms with Gasteiger partial charge in [0.1, 0.15) is 30.4 Å². The van der Waals surface area contributed by atoms with Crippen LogP contribution in [0.4, 0.5) is 0 Å². The Morgan fingerprint density at radius 1 is 1.04 bits per heavy atom. The third-order valence-electron chi connectivity index (χ3n) is 4.03. The number of hydrogen-bond acceptors (Lipinski definition) is 8. The minimum Gasteiger partial charge on any atom is -0.463 e. The Kier molecular flexibility index (Phi) is 7.54. The molecule has 2 heterocycles. The van der Waals surface area contributed by atoms with Gasteiger partial charge in [-0.25, -0.2) is 0 Å². The van der Waals surface area contributed by atoms with Crippen LogP contribution in [0.2, 0.25) is 0 Å². The zero-order valence-electron chi connectivity index (χ0n) is 13.9. The second kappa shape index (κ2) is 9.41. The number of methoxy groups -OCH3 is 2. The molecule has 0 aromatic heterocycles. The molecular formula is C16H24O7S. The zero-order chi connectivity index (χ0) is 17.5. The number of esters is 2. The van der Waals surface area contributed by atoms with E-state index in [4.69, 9.17) is 23.7 Å². The molecule has 0 unspecified atom stereocenters. The molecule has 5 atom stereocenters. The van der Waals surface area contributed by atoms with Crippen molar-refractivity contribution in [1.82, 2.24) is 0 Å². The molecule has 2 rings (SSSR count). The Bertz CT molecular complexity index is 467. The van der Waals surface area contributed by atoms with Crippen molar-refractivity contribution in [2.45, 2.75) is 55.5 Å². The standard InChI is InChI=1S/C16H24O7S/c1-19-14-13-10(22-16(24)15(14)20-2)9-21-11(17)7-5-3-4-6-8-12(18)23-13/h3-4,10,13-16,24H,5-9H2,1-2H3/b4-3+/t10-,13-,14+,15-,16+/m1/s1. The van der Waals surface area contributed by atoms with Crippen LogP contribution in [-0.2, 0) is 33.3 Å². The molecule has 0 N–H and O–H groups in total. The Labute approximate surface area is 147 Å². The average molecular weight is 360 g/mol.